The molecule has 0 N–H and O–H groups in total. The highest BCUT2D eigenvalue weighted by Gasteiger charge is 2.19. The van der Waals surface area contributed by atoms with Crippen LogP contribution in [0, 0.1) is 0 Å². The Balaban J connectivity index is 1.81. The van der Waals surface area contributed by atoms with Crippen molar-refractivity contribution in [3.63, 3.8) is 0 Å². The number of hydrogen-bond donors (Lipinski definition) is 0. The Morgan fingerprint density at radius 2 is 1.44 bits per heavy atom. The molecule has 4 aromatic rings. The quantitative estimate of drug-likeness (QED) is 0.318. The molecule has 5 heteroatoms. The standard InChI is InChI=1S/C27H24O4S/c1-29-22-13-9-19(10-14-22)8-11-21-18-23(30-2)15-17-26(21)32(28)27-24-7-5-4-6-20(24)12-16-25(27)31-3/h4-18H,1-3H3/b11-8+/t32-/m1/s1. The lowest BCUT2D eigenvalue weighted by Crippen LogP contribution is -2.01. The van der Waals surface area contributed by atoms with Crippen molar-refractivity contribution < 1.29 is 18.4 Å². The first-order chi connectivity index (χ1) is 15.6. The fraction of sp³-hybridized carbons (Fsp3) is 0.111. The summed E-state index contributed by atoms with van der Waals surface area (Å²) in [6.45, 7) is 0. The summed E-state index contributed by atoms with van der Waals surface area (Å²) >= 11 is 0. The van der Waals surface area contributed by atoms with E-state index >= 15 is 0 Å². The van der Waals surface area contributed by atoms with Gasteiger partial charge in [-0.25, -0.2) is 4.21 Å². The Hall–Kier alpha value is -3.57. The van der Waals surface area contributed by atoms with Crippen molar-refractivity contribution in [1.82, 2.24) is 0 Å². The molecule has 0 fully saturated rings. The molecule has 0 spiro atoms. The number of hydrogen-bond acceptors (Lipinski definition) is 4. The highest BCUT2D eigenvalue weighted by atomic mass is 32.2. The third-order valence-electron chi connectivity index (χ3n) is 5.24. The highest BCUT2D eigenvalue weighted by Crippen LogP contribution is 2.36. The molecule has 4 rings (SSSR count). The number of ether oxygens (including phenoxy) is 3. The molecule has 32 heavy (non-hydrogen) atoms. The van der Waals surface area contributed by atoms with E-state index in [1.807, 2.05) is 91.0 Å². The van der Waals surface area contributed by atoms with Crippen molar-refractivity contribution in [3.05, 3.63) is 90.0 Å². The van der Waals surface area contributed by atoms with E-state index in [1.165, 1.54) is 0 Å². The van der Waals surface area contributed by atoms with E-state index in [2.05, 4.69) is 0 Å². The van der Waals surface area contributed by atoms with Crippen LogP contribution in [-0.4, -0.2) is 25.5 Å². The second-order valence-electron chi connectivity index (χ2n) is 7.10. The monoisotopic (exact) mass is 444 g/mol. The molecule has 0 aliphatic heterocycles. The third-order valence-corrected chi connectivity index (χ3v) is 6.80. The molecular formula is C27H24O4S. The van der Waals surface area contributed by atoms with E-state index in [1.54, 1.807) is 21.3 Å². The second kappa shape index (κ2) is 9.71. The Labute approximate surface area is 190 Å². The van der Waals surface area contributed by atoms with Gasteiger partial charge in [0.1, 0.15) is 17.2 Å². The lowest BCUT2D eigenvalue weighted by atomic mass is 10.1. The maximum Gasteiger partial charge on any atom is 0.136 e. The van der Waals surface area contributed by atoms with Crippen molar-refractivity contribution in [1.29, 1.82) is 0 Å². The van der Waals surface area contributed by atoms with E-state index in [-0.39, 0.29) is 0 Å². The summed E-state index contributed by atoms with van der Waals surface area (Å²) in [5.74, 6) is 2.10. The van der Waals surface area contributed by atoms with Gasteiger partial charge in [-0.3, -0.25) is 0 Å². The molecule has 4 aromatic carbocycles. The number of benzene rings is 4. The molecule has 0 bridgehead atoms. The highest BCUT2D eigenvalue weighted by molar-refractivity contribution is 7.85. The van der Waals surface area contributed by atoms with Gasteiger partial charge < -0.3 is 14.2 Å². The molecule has 0 saturated heterocycles. The van der Waals surface area contributed by atoms with Gasteiger partial charge in [0.2, 0.25) is 0 Å². The van der Waals surface area contributed by atoms with Crippen molar-refractivity contribution in [3.8, 4) is 17.2 Å². The van der Waals surface area contributed by atoms with Crippen LogP contribution in [0.2, 0.25) is 0 Å². The van der Waals surface area contributed by atoms with Gasteiger partial charge in [0.05, 0.1) is 41.9 Å². The fourth-order valence-corrected chi connectivity index (χ4v) is 5.01. The Morgan fingerprint density at radius 1 is 0.719 bits per heavy atom. The van der Waals surface area contributed by atoms with Crippen LogP contribution in [0.25, 0.3) is 22.9 Å². The summed E-state index contributed by atoms with van der Waals surface area (Å²) < 4.78 is 30.1. The normalized spacial score (nSPS) is 12.1. The van der Waals surface area contributed by atoms with Crippen LogP contribution in [0.3, 0.4) is 0 Å². The summed E-state index contributed by atoms with van der Waals surface area (Å²) in [5, 5.41) is 1.92. The zero-order chi connectivity index (χ0) is 22.5. The van der Waals surface area contributed by atoms with Crippen LogP contribution in [0.1, 0.15) is 11.1 Å². The van der Waals surface area contributed by atoms with Gasteiger partial charge in [-0.15, -0.1) is 0 Å². The van der Waals surface area contributed by atoms with Crippen molar-refractivity contribution in [2.24, 2.45) is 0 Å². The molecule has 0 aromatic heterocycles. The Bertz CT molecular complexity index is 1290. The minimum atomic E-state index is -1.47. The molecule has 0 aliphatic rings. The van der Waals surface area contributed by atoms with Gasteiger partial charge in [0.15, 0.2) is 0 Å². The molecule has 0 amide bonds. The summed E-state index contributed by atoms with van der Waals surface area (Å²) in [4.78, 5) is 1.35. The molecule has 1 atom stereocenters. The smallest absolute Gasteiger partial charge is 0.136 e. The van der Waals surface area contributed by atoms with Crippen molar-refractivity contribution in [2.75, 3.05) is 21.3 Å². The predicted octanol–water partition coefficient (Wildman–Crippen LogP) is 6.20. The molecule has 0 saturated carbocycles. The predicted molar refractivity (Wildman–Crippen MR) is 130 cm³/mol. The van der Waals surface area contributed by atoms with E-state index in [0.717, 1.165) is 27.6 Å². The van der Waals surface area contributed by atoms with E-state index in [4.69, 9.17) is 14.2 Å². The van der Waals surface area contributed by atoms with Gasteiger partial charge >= 0.3 is 0 Å². The summed E-state index contributed by atoms with van der Waals surface area (Å²) in [6, 6.07) is 25.1. The summed E-state index contributed by atoms with van der Waals surface area (Å²) in [6.07, 6.45) is 3.93. The zero-order valence-corrected chi connectivity index (χ0v) is 19.0. The van der Waals surface area contributed by atoms with Gasteiger partial charge in [0.25, 0.3) is 0 Å². The maximum atomic E-state index is 13.9. The molecule has 162 valence electrons. The van der Waals surface area contributed by atoms with E-state index in [0.29, 0.717) is 21.3 Å². The van der Waals surface area contributed by atoms with Crippen LogP contribution < -0.4 is 14.2 Å². The second-order valence-corrected chi connectivity index (χ2v) is 8.48. The minimum absolute atomic E-state index is 0.600. The third kappa shape index (κ3) is 4.39. The first kappa shape index (κ1) is 21.7. The molecule has 0 radical (unpaired) electrons. The Morgan fingerprint density at radius 3 is 2.16 bits per heavy atom. The van der Waals surface area contributed by atoms with Crippen LogP contribution in [0.5, 0.6) is 17.2 Å². The molecule has 0 aliphatic carbocycles. The molecule has 4 nitrogen and oxygen atoms in total. The fourth-order valence-electron chi connectivity index (χ4n) is 3.54. The number of fused-ring (bicyclic) bond motifs is 1. The Kier molecular flexibility index (Phi) is 6.57. The largest absolute Gasteiger partial charge is 0.497 e. The van der Waals surface area contributed by atoms with Crippen LogP contribution in [0.4, 0.5) is 0 Å². The van der Waals surface area contributed by atoms with Crippen LogP contribution in [-0.2, 0) is 10.8 Å². The first-order valence-corrected chi connectivity index (χ1v) is 11.3. The van der Waals surface area contributed by atoms with Crippen LogP contribution >= 0.6 is 0 Å². The topological polar surface area (TPSA) is 44.8 Å². The number of methoxy groups -OCH3 is 3. The minimum Gasteiger partial charge on any atom is -0.497 e. The van der Waals surface area contributed by atoms with Gasteiger partial charge in [-0.2, -0.15) is 0 Å². The average molecular weight is 445 g/mol. The van der Waals surface area contributed by atoms with Gasteiger partial charge in [-0.05, 0) is 52.9 Å². The van der Waals surface area contributed by atoms with E-state index < -0.39 is 10.8 Å². The molecule has 0 heterocycles. The van der Waals surface area contributed by atoms with Crippen molar-refractivity contribution in [2.45, 2.75) is 9.79 Å². The van der Waals surface area contributed by atoms with Gasteiger partial charge in [-0.1, -0.05) is 54.6 Å². The van der Waals surface area contributed by atoms with Crippen molar-refractivity contribution >= 4 is 33.7 Å². The lowest BCUT2D eigenvalue weighted by Gasteiger charge is -2.14. The summed E-state index contributed by atoms with van der Waals surface area (Å²) in [7, 11) is 3.40. The average Bonchev–Trinajstić information content (AvgIpc) is 2.86. The van der Waals surface area contributed by atoms with E-state index in [9.17, 15) is 4.21 Å². The van der Waals surface area contributed by atoms with Gasteiger partial charge in [0, 0.05) is 5.39 Å². The van der Waals surface area contributed by atoms with Crippen LogP contribution in [0.15, 0.2) is 88.7 Å². The first-order valence-electron chi connectivity index (χ1n) is 10.1. The molecular weight excluding hydrogens is 420 g/mol. The number of rotatable bonds is 7. The SMILES string of the molecule is COc1ccc(/C=C/c2cc(OC)ccc2[S@@](=O)c2c(OC)ccc3ccccc23)cc1. The maximum absolute atomic E-state index is 13.9. The molecule has 0 unspecified atom stereocenters. The summed E-state index contributed by atoms with van der Waals surface area (Å²) in [5.41, 5.74) is 1.82. The lowest BCUT2D eigenvalue weighted by molar-refractivity contribution is 0.405. The zero-order valence-electron chi connectivity index (χ0n) is 18.2.